The van der Waals surface area contributed by atoms with E-state index < -0.39 is 0 Å². The third kappa shape index (κ3) is 2.33. The van der Waals surface area contributed by atoms with Crippen molar-refractivity contribution in [2.75, 3.05) is 13.2 Å². The highest BCUT2D eigenvalue weighted by molar-refractivity contribution is 5.93. The summed E-state index contributed by atoms with van der Waals surface area (Å²) >= 11 is 0. The van der Waals surface area contributed by atoms with Gasteiger partial charge in [-0.2, -0.15) is 0 Å². The molecule has 1 saturated heterocycles. The molecule has 15 heavy (non-hydrogen) atoms. The Balaban J connectivity index is 2.12. The summed E-state index contributed by atoms with van der Waals surface area (Å²) in [5.74, 6) is -0.0918. The summed E-state index contributed by atoms with van der Waals surface area (Å²) in [4.78, 5) is 21.2. The Labute approximate surface area is 88.8 Å². The second-order valence-corrected chi connectivity index (χ2v) is 3.70. The summed E-state index contributed by atoms with van der Waals surface area (Å²) in [7, 11) is 0. The number of rotatable bonds is 1. The lowest BCUT2D eigenvalue weighted by Crippen LogP contribution is -2.35. The van der Waals surface area contributed by atoms with Crippen LogP contribution in [-0.2, 0) is 4.84 Å². The molecular formula is C11H14N2O2. The second-order valence-electron chi connectivity index (χ2n) is 3.70. The largest absolute Gasteiger partial charge is 0.278 e. The van der Waals surface area contributed by atoms with Gasteiger partial charge in [0.2, 0.25) is 0 Å². The molecule has 0 spiro atoms. The van der Waals surface area contributed by atoms with E-state index in [-0.39, 0.29) is 5.91 Å². The van der Waals surface area contributed by atoms with E-state index in [1.165, 1.54) is 5.06 Å². The highest BCUT2D eigenvalue weighted by atomic mass is 16.7. The van der Waals surface area contributed by atoms with Crippen LogP contribution in [0.2, 0.25) is 0 Å². The predicted molar refractivity (Wildman–Crippen MR) is 55.2 cm³/mol. The van der Waals surface area contributed by atoms with Gasteiger partial charge < -0.3 is 0 Å². The molecule has 1 aliphatic heterocycles. The number of nitrogens with zero attached hydrogens (tertiary/aromatic N) is 2. The molecule has 0 aliphatic carbocycles. The van der Waals surface area contributed by atoms with Crippen LogP contribution in [-0.4, -0.2) is 29.1 Å². The zero-order valence-corrected chi connectivity index (χ0v) is 8.77. The van der Waals surface area contributed by atoms with Crippen LogP contribution in [0.3, 0.4) is 0 Å². The molecule has 1 fully saturated rings. The first-order chi connectivity index (χ1) is 7.27. The van der Waals surface area contributed by atoms with Crippen molar-refractivity contribution in [3.05, 3.63) is 29.6 Å². The smallest absolute Gasteiger partial charge is 0.271 e. The molecule has 0 N–H and O–H groups in total. The van der Waals surface area contributed by atoms with Gasteiger partial charge >= 0.3 is 0 Å². The average molecular weight is 206 g/mol. The number of hydrogen-bond acceptors (Lipinski definition) is 3. The van der Waals surface area contributed by atoms with Crippen LogP contribution in [0.15, 0.2) is 18.5 Å². The molecular weight excluding hydrogens is 192 g/mol. The summed E-state index contributed by atoms with van der Waals surface area (Å²) in [6, 6.07) is 1.83. The highest BCUT2D eigenvalue weighted by Crippen LogP contribution is 2.11. The topological polar surface area (TPSA) is 42.4 Å². The van der Waals surface area contributed by atoms with Crippen LogP contribution < -0.4 is 0 Å². The van der Waals surface area contributed by atoms with Crippen molar-refractivity contribution in [1.82, 2.24) is 10.0 Å². The molecule has 80 valence electrons. The van der Waals surface area contributed by atoms with E-state index in [1.54, 1.807) is 12.4 Å². The number of aryl methyl sites for hydroxylation is 1. The zero-order chi connectivity index (χ0) is 10.7. The molecule has 1 aliphatic rings. The Morgan fingerprint density at radius 2 is 2.33 bits per heavy atom. The lowest BCUT2D eigenvalue weighted by atomic mass is 10.2. The molecule has 4 nitrogen and oxygen atoms in total. The van der Waals surface area contributed by atoms with Crippen molar-refractivity contribution in [2.24, 2.45) is 0 Å². The minimum atomic E-state index is -0.0918. The van der Waals surface area contributed by atoms with E-state index in [0.29, 0.717) is 18.7 Å². The van der Waals surface area contributed by atoms with Crippen molar-refractivity contribution >= 4 is 5.91 Å². The average Bonchev–Trinajstić information content (AvgIpc) is 2.29. The SMILES string of the molecule is Cc1cncc(C(=O)N2CCCCO2)c1. The molecule has 0 radical (unpaired) electrons. The normalized spacial score (nSPS) is 16.5. The lowest BCUT2D eigenvalue weighted by molar-refractivity contribution is -0.144. The molecule has 0 atom stereocenters. The van der Waals surface area contributed by atoms with Crippen molar-refractivity contribution in [3.8, 4) is 0 Å². The zero-order valence-electron chi connectivity index (χ0n) is 8.77. The third-order valence-electron chi connectivity index (χ3n) is 2.35. The molecule has 4 heteroatoms. The van der Waals surface area contributed by atoms with Gasteiger partial charge in [0.1, 0.15) is 0 Å². The number of amides is 1. The third-order valence-corrected chi connectivity index (χ3v) is 2.35. The summed E-state index contributed by atoms with van der Waals surface area (Å²) in [6.07, 6.45) is 5.34. The second kappa shape index (κ2) is 4.40. The van der Waals surface area contributed by atoms with Crippen LogP contribution in [0.5, 0.6) is 0 Å². The van der Waals surface area contributed by atoms with Crippen molar-refractivity contribution < 1.29 is 9.63 Å². The molecule has 0 saturated carbocycles. The van der Waals surface area contributed by atoms with Gasteiger partial charge in [-0.3, -0.25) is 14.6 Å². The first kappa shape index (κ1) is 10.1. The molecule has 0 unspecified atom stereocenters. The quantitative estimate of drug-likeness (QED) is 0.700. The minimum absolute atomic E-state index is 0.0918. The monoisotopic (exact) mass is 206 g/mol. The van der Waals surface area contributed by atoms with E-state index in [0.717, 1.165) is 18.4 Å². The Hall–Kier alpha value is -1.42. The summed E-state index contributed by atoms with van der Waals surface area (Å²) in [5, 5.41) is 1.43. The van der Waals surface area contributed by atoms with Crippen molar-refractivity contribution in [1.29, 1.82) is 0 Å². The molecule has 0 aromatic carbocycles. The molecule has 1 aromatic rings. The van der Waals surface area contributed by atoms with E-state index in [9.17, 15) is 4.79 Å². The van der Waals surface area contributed by atoms with Crippen LogP contribution in [0.25, 0.3) is 0 Å². The van der Waals surface area contributed by atoms with Gasteiger partial charge in [-0.25, -0.2) is 5.06 Å². The van der Waals surface area contributed by atoms with Gasteiger partial charge in [-0.1, -0.05) is 0 Å². The number of aromatic nitrogens is 1. The van der Waals surface area contributed by atoms with Gasteiger partial charge in [-0.05, 0) is 31.4 Å². The number of carbonyl (C=O) groups excluding carboxylic acids is 1. The first-order valence-corrected chi connectivity index (χ1v) is 5.14. The molecule has 1 aromatic heterocycles. The molecule has 2 heterocycles. The lowest BCUT2D eigenvalue weighted by Gasteiger charge is -2.25. The van der Waals surface area contributed by atoms with Gasteiger partial charge in [0.15, 0.2) is 0 Å². The fourth-order valence-electron chi connectivity index (χ4n) is 1.57. The predicted octanol–water partition coefficient (Wildman–Crippen LogP) is 1.56. The van der Waals surface area contributed by atoms with Gasteiger partial charge in [0.05, 0.1) is 12.2 Å². The van der Waals surface area contributed by atoms with Crippen LogP contribution in [0.4, 0.5) is 0 Å². The van der Waals surface area contributed by atoms with Crippen LogP contribution in [0, 0.1) is 6.92 Å². The Kier molecular flexibility index (Phi) is 2.97. The minimum Gasteiger partial charge on any atom is -0.271 e. The van der Waals surface area contributed by atoms with E-state index in [4.69, 9.17) is 4.84 Å². The summed E-state index contributed by atoms with van der Waals surface area (Å²) in [6.45, 7) is 3.22. The number of pyridine rings is 1. The van der Waals surface area contributed by atoms with E-state index in [2.05, 4.69) is 4.98 Å². The number of carbonyl (C=O) groups is 1. The Bertz CT molecular complexity index is 359. The molecule has 1 amide bonds. The Morgan fingerprint density at radius 3 is 3.00 bits per heavy atom. The highest BCUT2D eigenvalue weighted by Gasteiger charge is 2.19. The summed E-state index contributed by atoms with van der Waals surface area (Å²) in [5.41, 5.74) is 1.58. The summed E-state index contributed by atoms with van der Waals surface area (Å²) < 4.78 is 0. The maximum absolute atomic E-state index is 11.9. The fraction of sp³-hybridized carbons (Fsp3) is 0.455. The van der Waals surface area contributed by atoms with Crippen molar-refractivity contribution in [2.45, 2.75) is 19.8 Å². The van der Waals surface area contributed by atoms with Gasteiger partial charge in [0, 0.05) is 18.9 Å². The van der Waals surface area contributed by atoms with Gasteiger partial charge in [0.25, 0.3) is 5.91 Å². The molecule has 0 bridgehead atoms. The van der Waals surface area contributed by atoms with Crippen LogP contribution in [0.1, 0.15) is 28.8 Å². The van der Waals surface area contributed by atoms with Gasteiger partial charge in [-0.15, -0.1) is 0 Å². The van der Waals surface area contributed by atoms with Crippen LogP contribution >= 0.6 is 0 Å². The first-order valence-electron chi connectivity index (χ1n) is 5.14. The molecule has 2 rings (SSSR count). The maximum atomic E-state index is 11.9. The van der Waals surface area contributed by atoms with E-state index >= 15 is 0 Å². The standard InChI is InChI=1S/C11H14N2O2/c1-9-6-10(8-12-7-9)11(14)13-4-2-3-5-15-13/h6-8H,2-5H2,1H3. The van der Waals surface area contributed by atoms with E-state index in [1.807, 2.05) is 13.0 Å². The maximum Gasteiger partial charge on any atom is 0.278 e. The Morgan fingerprint density at radius 1 is 1.47 bits per heavy atom. The van der Waals surface area contributed by atoms with Crippen molar-refractivity contribution in [3.63, 3.8) is 0 Å². The number of hydroxylamine groups is 2. The fourth-order valence-corrected chi connectivity index (χ4v) is 1.57. The number of hydrogen-bond donors (Lipinski definition) is 0.